The molecule has 0 bridgehead atoms. The molecular weight excluding hydrogens is 156 g/mol. The molecule has 76 valence electrons. The third-order valence-corrected chi connectivity index (χ3v) is 4.63. The van der Waals surface area contributed by atoms with Gasteiger partial charge in [0.05, 0.1) is 0 Å². The molecule has 0 aromatic heterocycles. The molecule has 2 rings (SSSR count). The number of hydrogen-bond donors (Lipinski definition) is 0. The lowest BCUT2D eigenvalue weighted by Gasteiger charge is -2.41. The van der Waals surface area contributed by atoms with Crippen LogP contribution in [0.4, 0.5) is 0 Å². The van der Waals surface area contributed by atoms with Gasteiger partial charge in [0, 0.05) is 0 Å². The lowest BCUT2D eigenvalue weighted by atomic mass is 9.64. The fourth-order valence-electron chi connectivity index (χ4n) is 4.08. The first-order valence-corrected chi connectivity index (χ1v) is 6.25. The summed E-state index contributed by atoms with van der Waals surface area (Å²) in [5.74, 6) is 1.99. The van der Waals surface area contributed by atoms with Gasteiger partial charge < -0.3 is 0 Å². The summed E-state index contributed by atoms with van der Waals surface area (Å²) in [4.78, 5) is 0. The molecule has 0 amide bonds. The highest BCUT2D eigenvalue weighted by molar-refractivity contribution is 4.94. The fraction of sp³-hybridized carbons (Fsp3) is 1.00. The van der Waals surface area contributed by atoms with E-state index in [0.29, 0.717) is 0 Å². The molecule has 0 radical (unpaired) electrons. The van der Waals surface area contributed by atoms with Crippen LogP contribution in [0.1, 0.15) is 65.2 Å². The minimum absolute atomic E-state index is 0.812. The smallest absolute Gasteiger partial charge is 0.0267 e. The van der Waals surface area contributed by atoms with Gasteiger partial charge in [-0.15, -0.1) is 0 Å². The first kappa shape index (κ1) is 9.55. The van der Waals surface area contributed by atoms with Crippen LogP contribution in [-0.2, 0) is 0 Å². The van der Waals surface area contributed by atoms with E-state index in [2.05, 4.69) is 13.8 Å². The lowest BCUT2D eigenvalue weighted by molar-refractivity contribution is 0.0953. The standard InChI is InChI=1S/C13H24/c1-11(2)12-7-6-10-13(12)8-4-3-5-9-13/h11-12H,3-10H2,1-2H3. The fourth-order valence-corrected chi connectivity index (χ4v) is 4.08. The Balaban J connectivity index is 2.09. The Morgan fingerprint density at radius 2 is 1.54 bits per heavy atom. The Kier molecular flexibility index (Phi) is 2.67. The van der Waals surface area contributed by atoms with E-state index in [-0.39, 0.29) is 0 Å². The zero-order valence-electron chi connectivity index (χ0n) is 9.31. The molecule has 0 saturated heterocycles. The van der Waals surface area contributed by atoms with Crippen molar-refractivity contribution in [3.8, 4) is 0 Å². The second kappa shape index (κ2) is 3.63. The molecule has 0 nitrogen and oxygen atoms in total. The third-order valence-electron chi connectivity index (χ3n) is 4.63. The average Bonchev–Trinajstić information content (AvgIpc) is 2.50. The second-order valence-corrected chi connectivity index (χ2v) is 5.67. The predicted molar refractivity (Wildman–Crippen MR) is 57.7 cm³/mol. The monoisotopic (exact) mass is 180 g/mol. The highest BCUT2D eigenvalue weighted by atomic mass is 14.5. The van der Waals surface area contributed by atoms with Gasteiger partial charge in [-0.1, -0.05) is 39.5 Å². The van der Waals surface area contributed by atoms with Crippen molar-refractivity contribution in [1.82, 2.24) is 0 Å². The van der Waals surface area contributed by atoms with Gasteiger partial charge >= 0.3 is 0 Å². The number of rotatable bonds is 1. The first-order chi connectivity index (χ1) is 6.25. The summed E-state index contributed by atoms with van der Waals surface area (Å²) in [6.07, 6.45) is 12.2. The van der Waals surface area contributed by atoms with Crippen LogP contribution in [0.2, 0.25) is 0 Å². The van der Waals surface area contributed by atoms with Crippen LogP contribution < -0.4 is 0 Å². The molecule has 2 aliphatic rings. The van der Waals surface area contributed by atoms with Gasteiger partial charge in [0.15, 0.2) is 0 Å². The van der Waals surface area contributed by atoms with Crippen molar-refractivity contribution in [2.24, 2.45) is 17.3 Å². The Morgan fingerprint density at radius 3 is 2.15 bits per heavy atom. The van der Waals surface area contributed by atoms with E-state index < -0.39 is 0 Å². The lowest BCUT2D eigenvalue weighted by Crippen LogP contribution is -2.31. The molecule has 1 unspecified atom stereocenters. The minimum Gasteiger partial charge on any atom is -0.0625 e. The van der Waals surface area contributed by atoms with Crippen molar-refractivity contribution in [2.75, 3.05) is 0 Å². The Bertz CT molecular complexity index is 163. The summed E-state index contributed by atoms with van der Waals surface area (Å²) >= 11 is 0. The zero-order valence-corrected chi connectivity index (χ0v) is 9.31. The molecule has 2 fully saturated rings. The van der Waals surface area contributed by atoms with Crippen molar-refractivity contribution in [2.45, 2.75) is 65.2 Å². The zero-order chi connectivity index (χ0) is 9.31. The molecular formula is C13H24. The molecule has 1 atom stereocenters. The first-order valence-electron chi connectivity index (χ1n) is 6.25. The summed E-state index contributed by atoms with van der Waals surface area (Å²) in [6, 6.07) is 0. The van der Waals surface area contributed by atoms with Crippen molar-refractivity contribution >= 4 is 0 Å². The van der Waals surface area contributed by atoms with Crippen LogP contribution in [0.3, 0.4) is 0 Å². The van der Waals surface area contributed by atoms with Crippen LogP contribution in [0.15, 0.2) is 0 Å². The largest absolute Gasteiger partial charge is 0.0625 e. The molecule has 2 saturated carbocycles. The topological polar surface area (TPSA) is 0 Å². The highest BCUT2D eigenvalue weighted by Crippen LogP contribution is 2.55. The molecule has 0 N–H and O–H groups in total. The average molecular weight is 180 g/mol. The maximum absolute atomic E-state index is 2.44. The van der Waals surface area contributed by atoms with Gasteiger partial charge in [-0.3, -0.25) is 0 Å². The van der Waals surface area contributed by atoms with Crippen molar-refractivity contribution < 1.29 is 0 Å². The van der Waals surface area contributed by atoms with Crippen molar-refractivity contribution in [3.05, 3.63) is 0 Å². The molecule has 0 heteroatoms. The molecule has 0 heterocycles. The summed E-state index contributed by atoms with van der Waals surface area (Å²) in [5, 5.41) is 0. The van der Waals surface area contributed by atoms with E-state index in [1.807, 2.05) is 0 Å². The van der Waals surface area contributed by atoms with Gasteiger partial charge in [0.25, 0.3) is 0 Å². The van der Waals surface area contributed by atoms with Crippen molar-refractivity contribution in [3.63, 3.8) is 0 Å². The predicted octanol–water partition coefficient (Wildman–Crippen LogP) is 4.39. The highest BCUT2D eigenvalue weighted by Gasteiger charge is 2.43. The SMILES string of the molecule is CC(C)C1CCCC12CCCCC2. The summed E-state index contributed by atoms with van der Waals surface area (Å²) < 4.78 is 0. The second-order valence-electron chi connectivity index (χ2n) is 5.67. The van der Waals surface area contributed by atoms with Gasteiger partial charge in [-0.25, -0.2) is 0 Å². The molecule has 0 aliphatic heterocycles. The molecule has 1 spiro atoms. The maximum atomic E-state index is 2.44. The van der Waals surface area contributed by atoms with Crippen LogP contribution in [0.25, 0.3) is 0 Å². The van der Waals surface area contributed by atoms with Gasteiger partial charge in [0.2, 0.25) is 0 Å². The summed E-state index contributed by atoms with van der Waals surface area (Å²) in [7, 11) is 0. The van der Waals surface area contributed by atoms with Crippen LogP contribution in [0.5, 0.6) is 0 Å². The van der Waals surface area contributed by atoms with Gasteiger partial charge in [-0.2, -0.15) is 0 Å². The maximum Gasteiger partial charge on any atom is -0.0267 e. The summed E-state index contributed by atoms with van der Waals surface area (Å²) in [5.41, 5.74) is 0.812. The molecule has 0 aromatic rings. The number of hydrogen-bond acceptors (Lipinski definition) is 0. The van der Waals surface area contributed by atoms with E-state index in [0.717, 1.165) is 17.3 Å². The third kappa shape index (κ3) is 1.65. The van der Waals surface area contributed by atoms with Crippen molar-refractivity contribution in [1.29, 1.82) is 0 Å². The van der Waals surface area contributed by atoms with E-state index in [1.165, 1.54) is 32.1 Å². The van der Waals surface area contributed by atoms with Gasteiger partial charge in [-0.05, 0) is 42.9 Å². The quantitative estimate of drug-likeness (QED) is 0.561. The van der Waals surface area contributed by atoms with E-state index >= 15 is 0 Å². The van der Waals surface area contributed by atoms with Gasteiger partial charge in [0.1, 0.15) is 0 Å². The Morgan fingerprint density at radius 1 is 0.923 bits per heavy atom. The van der Waals surface area contributed by atoms with Crippen LogP contribution >= 0.6 is 0 Å². The molecule has 13 heavy (non-hydrogen) atoms. The molecule has 0 aromatic carbocycles. The molecule has 2 aliphatic carbocycles. The van der Waals surface area contributed by atoms with Crippen LogP contribution in [-0.4, -0.2) is 0 Å². The van der Waals surface area contributed by atoms with E-state index in [4.69, 9.17) is 0 Å². The normalized spacial score (nSPS) is 33.0. The van der Waals surface area contributed by atoms with E-state index in [1.54, 1.807) is 19.3 Å². The van der Waals surface area contributed by atoms with Crippen LogP contribution in [0, 0.1) is 17.3 Å². The van der Waals surface area contributed by atoms with E-state index in [9.17, 15) is 0 Å². The summed E-state index contributed by atoms with van der Waals surface area (Å²) in [6.45, 7) is 4.87. The minimum atomic E-state index is 0.812. The Hall–Kier alpha value is 0. The Labute approximate surface area is 83.1 Å².